The number of aromatic hydroxyl groups is 1. The first-order valence-electron chi connectivity index (χ1n) is 20.8. The van der Waals surface area contributed by atoms with Gasteiger partial charge in [-0.05, 0) is 103 Å². The van der Waals surface area contributed by atoms with Crippen molar-refractivity contribution in [3.05, 3.63) is 96.1 Å². The summed E-state index contributed by atoms with van der Waals surface area (Å²) in [5.41, 5.74) is 3.16. The Morgan fingerprint density at radius 1 is 1.02 bits per heavy atom. The van der Waals surface area contributed by atoms with Crippen molar-refractivity contribution in [3.63, 3.8) is 0 Å². The van der Waals surface area contributed by atoms with Gasteiger partial charge in [0.2, 0.25) is 12.1 Å². The lowest BCUT2D eigenvalue weighted by molar-refractivity contribution is -0.254. The summed E-state index contributed by atoms with van der Waals surface area (Å²) in [5, 5.41) is 37.7. The molecule has 10 heteroatoms. The van der Waals surface area contributed by atoms with Crippen LogP contribution in [0.1, 0.15) is 99.4 Å². The summed E-state index contributed by atoms with van der Waals surface area (Å²) in [5.74, 6) is -1.20. The molecule has 300 valence electrons. The number of amides is 1. The Hall–Kier alpha value is -4.22. The zero-order valence-corrected chi connectivity index (χ0v) is 32.7. The molecule has 7 unspecified atom stereocenters. The predicted octanol–water partition coefficient (Wildman–Crippen LogP) is 8.26. The lowest BCUT2D eigenvalue weighted by Crippen LogP contribution is -2.70. The van der Waals surface area contributed by atoms with Gasteiger partial charge in [-0.3, -0.25) is 4.79 Å². The number of fused-ring (bicyclic) bond motifs is 3. The van der Waals surface area contributed by atoms with Crippen LogP contribution in [0.4, 0.5) is 0 Å². The second kappa shape index (κ2) is 18.4. The fourth-order valence-electron chi connectivity index (χ4n) is 9.70. The zero-order valence-electron chi connectivity index (χ0n) is 32.7. The molecule has 4 aliphatic rings. The minimum Gasteiger partial charge on any atom is -0.508 e. The highest BCUT2D eigenvalue weighted by atomic mass is 16.8. The molecular formula is C46H58N2O8. The largest absolute Gasteiger partial charge is 0.508 e. The molecular weight excluding hydrogens is 709 g/mol. The number of aliphatic hydroxyl groups is 2. The van der Waals surface area contributed by atoms with Gasteiger partial charge in [0, 0.05) is 49.6 Å². The molecule has 2 aliphatic carbocycles. The standard InChI is InChI=1S/C46H58N2O8/c1-3-22-48(45(52)34-19-18-31-13-5-6-14-32(31)27-34)41-30-39(47-56-42-17-9-12-26-53-42)37-28-33(15-7-10-23-49)36(16-8-11-24-50)43-38-29-35(51)20-21-40(38)55-46(41,44(37)43)54-25-4-2/h4-6,13-14,18-21,27-29,33,36,41-44,49-51H,2-3,7-12,15-17,22-26,30H2,1H3. The fourth-order valence-corrected chi connectivity index (χ4v) is 9.70. The minimum atomic E-state index is -1.36. The number of rotatable bonds is 17. The number of benzene rings is 3. The number of hydrogen-bond acceptors (Lipinski definition) is 9. The summed E-state index contributed by atoms with van der Waals surface area (Å²) >= 11 is 0. The Labute approximate surface area is 330 Å². The van der Waals surface area contributed by atoms with E-state index in [0.717, 1.165) is 72.6 Å². The molecule has 1 saturated carbocycles. The van der Waals surface area contributed by atoms with Gasteiger partial charge in [0.1, 0.15) is 17.5 Å². The third-order valence-electron chi connectivity index (χ3n) is 12.2. The van der Waals surface area contributed by atoms with E-state index in [1.165, 1.54) is 0 Å². The van der Waals surface area contributed by atoms with E-state index < -0.39 is 24.0 Å². The summed E-state index contributed by atoms with van der Waals surface area (Å²) < 4.78 is 20.3. The number of oxime groups is 1. The number of carbonyl (C=O) groups excluding carboxylic acids is 1. The van der Waals surface area contributed by atoms with E-state index in [9.17, 15) is 15.3 Å². The molecule has 10 nitrogen and oxygen atoms in total. The maximum absolute atomic E-state index is 15.1. The lowest BCUT2D eigenvalue weighted by Gasteiger charge is -2.60. The Kier molecular flexibility index (Phi) is 13.1. The van der Waals surface area contributed by atoms with E-state index in [1.54, 1.807) is 12.1 Å². The Morgan fingerprint density at radius 2 is 1.82 bits per heavy atom. The van der Waals surface area contributed by atoms with Crippen LogP contribution in [0.25, 0.3) is 10.8 Å². The maximum Gasteiger partial charge on any atom is 0.254 e. The van der Waals surface area contributed by atoms with Crippen LogP contribution < -0.4 is 4.74 Å². The van der Waals surface area contributed by atoms with Gasteiger partial charge in [0.25, 0.3) is 5.91 Å². The van der Waals surface area contributed by atoms with Crippen molar-refractivity contribution in [2.24, 2.45) is 22.9 Å². The van der Waals surface area contributed by atoms with E-state index in [2.05, 4.69) is 19.6 Å². The Balaban J connectivity index is 1.43. The molecule has 3 aromatic rings. The number of hydrogen-bond donors (Lipinski definition) is 3. The summed E-state index contributed by atoms with van der Waals surface area (Å²) in [7, 11) is 0. The average molecular weight is 767 g/mol. The molecule has 0 spiro atoms. The highest BCUT2D eigenvalue weighted by molar-refractivity contribution is 6.04. The second-order valence-electron chi connectivity index (χ2n) is 15.8. The SMILES string of the molecule is C=CCOC12Oc3ccc(O)cc3C3C(CCCCO)C(CCCCO)C=C(C(=NOC4CCCCO4)CC1N(CCC)C(=O)c1ccc4ccccc4c1)C32. The van der Waals surface area contributed by atoms with E-state index >= 15 is 4.79 Å². The number of ether oxygens (including phenoxy) is 3. The number of carbonyl (C=O) groups is 1. The molecule has 2 fully saturated rings. The van der Waals surface area contributed by atoms with Gasteiger partial charge in [-0.15, -0.1) is 6.58 Å². The van der Waals surface area contributed by atoms with Crippen molar-refractivity contribution in [1.82, 2.24) is 4.90 Å². The molecule has 1 saturated heterocycles. The van der Waals surface area contributed by atoms with Crippen LogP contribution in [-0.4, -0.2) is 82.9 Å². The Bertz CT molecular complexity index is 1890. The molecule has 3 aromatic carbocycles. The zero-order chi connectivity index (χ0) is 39.1. The van der Waals surface area contributed by atoms with Crippen LogP contribution in [0.5, 0.6) is 11.5 Å². The van der Waals surface area contributed by atoms with Crippen LogP contribution in [0.15, 0.2) is 90.1 Å². The van der Waals surface area contributed by atoms with E-state index in [4.69, 9.17) is 24.2 Å². The molecule has 7 atom stereocenters. The van der Waals surface area contributed by atoms with Crippen molar-refractivity contribution < 1.29 is 39.2 Å². The summed E-state index contributed by atoms with van der Waals surface area (Å²) in [6.07, 6.45) is 12.0. The topological polar surface area (TPSA) is 130 Å². The van der Waals surface area contributed by atoms with Crippen LogP contribution in [0, 0.1) is 17.8 Å². The molecule has 0 aromatic heterocycles. The van der Waals surface area contributed by atoms with Crippen molar-refractivity contribution in [2.45, 2.75) is 102 Å². The number of unbranched alkanes of at least 4 members (excludes halogenated alkanes) is 2. The molecule has 56 heavy (non-hydrogen) atoms. The van der Waals surface area contributed by atoms with Crippen molar-refractivity contribution >= 4 is 22.4 Å². The normalized spacial score (nSPS) is 27.5. The summed E-state index contributed by atoms with van der Waals surface area (Å²) in [6.45, 7) is 7.57. The third kappa shape index (κ3) is 8.12. The van der Waals surface area contributed by atoms with Crippen LogP contribution >= 0.6 is 0 Å². The average Bonchev–Trinajstić information content (AvgIpc) is 3.22. The first kappa shape index (κ1) is 40.0. The number of aliphatic hydroxyl groups excluding tert-OH is 2. The van der Waals surface area contributed by atoms with Gasteiger partial charge in [-0.25, -0.2) is 0 Å². The highest BCUT2D eigenvalue weighted by Crippen LogP contribution is 2.62. The first-order chi connectivity index (χ1) is 27.4. The van der Waals surface area contributed by atoms with E-state index in [1.807, 2.05) is 59.5 Å². The third-order valence-corrected chi connectivity index (χ3v) is 12.2. The monoisotopic (exact) mass is 766 g/mol. The first-order valence-corrected chi connectivity index (χ1v) is 20.8. The van der Waals surface area contributed by atoms with Crippen LogP contribution in [0.2, 0.25) is 0 Å². The van der Waals surface area contributed by atoms with Crippen molar-refractivity contribution in [2.75, 3.05) is 33.0 Å². The Morgan fingerprint density at radius 3 is 2.57 bits per heavy atom. The molecule has 7 rings (SSSR count). The van der Waals surface area contributed by atoms with Crippen molar-refractivity contribution in [3.8, 4) is 11.5 Å². The van der Waals surface area contributed by atoms with Crippen LogP contribution in [0.3, 0.4) is 0 Å². The fraction of sp³-hybridized carbons (Fsp3) is 0.522. The minimum absolute atomic E-state index is 0.0727. The van der Waals surface area contributed by atoms with Gasteiger partial charge in [0.05, 0.1) is 24.8 Å². The highest BCUT2D eigenvalue weighted by Gasteiger charge is 2.65. The van der Waals surface area contributed by atoms with Gasteiger partial charge >= 0.3 is 0 Å². The molecule has 0 bridgehead atoms. The molecule has 1 amide bonds. The smallest absolute Gasteiger partial charge is 0.254 e. The predicted molar refractivity (Wildman–Crippen MR) is 217 cm³/mol. The van der Waals surface area contributed by atoms with Gasteiger partial charge in [0.15, 0.2) is 0 Å². The van der Waals surface area contributed by atoms with Crippen LogP contribution in [-0.2, 0) is 14.3 Å². The molecule has 3 N–H and O–H groups in total. The van der Waals surface area contributed by atoms with E-state index in [0.29, 0.717) is 50.1 Å². The lowest BCUT2D eigenvalue weighted by atomic mass is 9.55. The number of phenolic OH excluding ortho intramolecular Hbond substituents is 1. The van der Waals surface area contributed by atoms with Gasteiger partial charge in [-0.2, -0.15) is 0 Å². The quantitative estimate of drug-likeness (QED) is 0.0712. The number of allylic oxidation sites excluding steroid dienone is 1. The summed E-state index contributed by atoms with van der Waals surface area (Å²) in [4.78, 5) is 23.2. The maximum atomic E-state index is 15.1. The van der Waals surface area contributed by atoms with E-state index in [-0.39, 0.29) is 49.2 Å². The molecule has 0 radical (unpaired) electrons. The number of nitrogens with zero attached hydrogens (tertiary/aromatic N) is 2. The summed E-state index contributed by atoms with van der Waals surface area (Å²) in [6, 6.07) is 18.5. The van der Waals surface area contributed by atoms with Crippen molar-refractivity contribution in [1.29, 1.82) is 0 Å². The number of phenols is 1. The second-order valence-corrected chi connectivity index (χ2v) is 15.8. The van der Waals surface area contributed by atoms with Gasteiger partial charge < -0.3 is 39.3 Å². The van der Waals surface area contributed by atoms with Gasteiger partial charge in [-0.1, -0.05) is 67.4 Å². The molecule has 2 aliphatic heterocycles. The molecule has 2 heterocycles.